The molecule has 1 aromatic carbocycles. The monoisotopic (exact) mass is 260 g/mol. The Morgan fingerprint density at radius 2 is 1.88 bits per heavy atom. The van der Waals surface area contributed by atoms with Gasteiger partial charge in [-0.2, -0.15) is 0 Å². The Hall–Kier alpha value is -0.540. The molecule has 0 radical (unpaired) electrons. The fourth-order valence-corrected chi connectivity index (χ4v) is 3.20. The van der Waals surface area contributed by atoms with Crippen LogP contribution in [-0.2, 0) is 9.84 Å². The molecule has 0 aliphatic rings. The molecule has 0 amide bonds. The summed E-state index contributed by atoms with van der Waals surface area (Å²) in [5.74, 6) is 0.0765. The largest absolute Gasteiger partial charge is 0.224 e. The van der Waals surface area contributed by atoms with E-state index in [4.69, 9.17) is 11.6 Å². The maximum absolute atomic E-state index is 11.7. The van der Waals surface area contributed by atoms with Gasteiger partial charge in [-0.25, -0.2) is 8.42 Å². The van der Waals surface area contributed by atoms with E-state index in [0.29, 0.717) is 4.90 Å². The van der Waals surface area contributed by atoms with Crippen LogP contribution in [0.5, 0.6) is 0 Å². The van der Waals surface area contributed by atoms with Gasteiger partial charge in [-0.15, -0.1) is 11.6 Å². The molecular weight excluding hydrogens is 244 g/mol. The van der Waals surface area contributed by atoms with Crippen LogP contribution in [0.25, 0.3) is 0 Å². The topological polar surface area (TPSA) is 34.1 Å². The zero-order valence-corrected chi connectivity index (χ0v) is 11.3. The molecule has 16 heavy (non-hydrogen) atoms. The molecule has 2 atom stereocenters. The van der Waals surface area contributed by atoms with Crippen molar-refractivity contribution in [2.24, 2.45) is 0 Å². The molecule has 0 heterocycles. The van der Waals surface area contributed by atoms with Crippen molar-refractivity contribution in [3.63, 3.8) is 0 Å². The summed E-state index contributed by atoms with van der Waals surface area (Å²) in [6.45, 7) is 3.91. The molecule has 0 saturated heterocycles. The molecule has 0 spiro atoms. The number of benzene rings is 1. The van der Waals surface area contributed by atoms with E-state index in [1.807, 2.05) is 26.0 Å². The lowest BCUT2D eigenvalue weighted by Gasteiger charge is -2.20. The summed E-state index contributed by atoms with van der Waals surface area (Å²) >= 11 is 6.11. The van der Waals surface area contributed by atoms with Crippen molar-refractivity contribution in [1.29, 1.82) is 0 Å². The molecule has 0 bridgehead atoms. The maximum Gasteiger partial charge on any atom is 0.175 e. The maximum atomic E-state index is 11.7. The first-order chi connectivity index (χ1) is 7.38. The van der Waals surface area contributed by atoms with E-state index in [9.17, 15) is 8.42 Å². The van der Waals surface area contributed by atoms with Crippen LogP contribution in [0.2, 0.25) is 0 Å². The molecule has 90 valence electrons. The second-order valence-electron chi connectivity index (χ2n) is 4.00. The van der Waals surface area contributed by atoms with Gasteiger partial charge in [-0.3, -0.25) is 0 Å². The summed E-state index contributed by atoms with van der Waals surface area (Å²) < 4.78 is 23.3. The van der Waals surface area contributed by atoms with Crippen molar-refractivity contribution in [2.45, 2.75) is 36.5 Å². The lowest BCUT2D eigenvalue weighted by molar-refractivity contribution is 0.593. The second kappa shape index (κ2) is 5.19. The Bertz CT molecular complexity index is 452. The zero-order chi connectivity index (χ0) is 12.3. The predicted molar refractivity (Wildman–Crippen MR) is 67.9 cm³/mol. The quantitative estimate of drug-likeness (QED) is 0.779. The van der Waals surface area contributed by atoms with Crippen molar-refractivity contribution in [3.8, 4) is 0 Å². The molecule has 1 aromatic rings. The number of halogens is 1. The van der Waals surface area contributed by atoms with Crippen LogP contribution in [0.1, 0.15) is 31.7 Å². The minimum Gasteiger partial charge on any atom is -0.224 e. The van der Waals surface area contributed by atoms with Crippen molar-refractivity contribution in [2.75, 3.05) is 6.26 Å². The van der Waals surface area contributed by atoms with Gasteiger partial charge in [-0.05, 0) is 25.0 Å². The van der Waals surface area contributed by atoms with E-state index >= 15 is 0 Å². The van der Waals surface area contributed by atoms with E-state index < -0.39 is 9.84 Å². The molecular formula is C12H17ClO2S. The molecule has 0 aliphatic heterocycles. The average Bonchev–Trinajstić information content (AvgIpc) is 2.17. The SMILES string of the molecule is CCC(c1ccccc1S(C)(=O)=O)C(C)Cl. The van der Waals surface area contributed by atoms with E-state index in [1.54, 1.807) is 12.1 Å². The highest BCUT2D eigenvalue weighted by molar-refractivity contribution is 7.90. The highest BCUT2D eigenvalue weighted by atomic mass is 35.5. The minimum atomic E-state index is -3.18. The van der Waals surface area contributed by atoms with Crippen LogP contribution in [0.3, 0.4) is 0 Å². The van der Waals surface area contributed by atoms with Gasteiger partial charge in [0.05, 0.1) is 4.90 Å². The third kappa shape index (κ3) is 2.98. The van der Waals surface area contributed by atoms with Gasteiger partial charge < -0.3 is 0 Å². The van der Waals surface area contributed by atoms with Crippen LogP contribution >= 0.6 is 11.6 Å². The van der Waals surface area contributed by atoms with E-state index in [-0.39, 0.29) is 11.3 Å². The van der Waals surface area contributed by atoms with Crippen molar-refractivity contribution < 1.29 is 8.42 Å². The lowest BCUT2D eigenvalue weighted by Crippen LogP contribution is -2.13. The average molecular weight is 261 g/mol. The first-order valence-corrected chi connectivity index (χ1v) is 7.63. The van der Waals surface area contributed by atoms with E-state index in [0.717, 1.165) is 12.0 Å². The van der Waals surface area contributed by atoms with Crippen LogP contribution in [0, 0.1) is 0 Å². The first-order valence-electron chi connectivity index (χ1n) is 5.31. The summed E-state index contributed by atoms with van der Waals surface area (Å²) in [6.07, 6.45) is 2.06. The number of alkyl halides is 1. The molecule has 2 unspecified atom stereocenters. The lowest BCUT2D eigenvalue weighted by atomic mass is 9.94. The summed E-state index contributed by atoms with van der Waals surface area (Å²) in [5, 5.41) is -0.0760. The highest BCUT2D eigenvalue weighted by Gasteiger charge is 2.22. The molecule has 0 N–H and O–H groups in total. The van der Waals surface area contributed by atoms with Gasteiger partial charge in [0.15, 0.2) is 9.84 Å². The van der Waals surface area contributed by atoms with Crippen molar-refractivity contribution in [3.05, 3.63) is 29.8 Å². The first kappa shape index (κ1) is 13.5. The standard InChI is InChI=1S/C12H17ClO2S/c1-4-10(9(2)13)11-7-5-6-8-12(11)16(3,14)15/h5-10H,4H2,1-3H3. The Labute approximate surface area is 103 Å². The molecule has 4 heteroatoms. The van der Waals surface area contributed by atoms with Gasteiger partial charge >= 0.3 is 0 Å². The Morgan fingerprint density at radius 1 is 1.31 bits per heavy atom. The molecule has 0 aliphatic carbocycles. The third-order valence-corrected chi connectivity index (χ3v) is 4.19. The predicted octanol–water partition coefficient (Wildman–Crippen LogP) is 3.21. The second-order valence-corrected chi connectivity index (χ2v) is 6.67. The van der Waals surface area contributed by atoms with E-state index in [1.165, 1.54) is 6.26 Å². The van der Waals surface area contributed by atoms with Gasteiger partial charge in [0, 0.05) is 17.6 Å². The van der Waals surface area contributed by atoms with Crippen LogP contribution in [0.15, 0.2) is 29.2 Å². The van der Waals surface area contributed by atoms with E-state index in [2.05, 4.69) is 0 Å². The third-order valence-electron chi connectivity index (χ3n) is 2.71. The molecule has 0 aromatic heterocycles. The molecule has 2 nitrogen and oxygen atoms in total. The Kier molecular flexibility index (Phi) is 4.39. The smallest absolute Gasteiger partial charge is 0.175 e. The fourth-order valence-electron chi connectivity index (χ4n) is 1.92. The van der Waals surface area contributed by atoms with Crippen molar-refractivity contribution >= 4 is 21.4 Å². The number of hydrogen-bond acceptors (Lipinski definition) is 2. The molecule has 0 fully saturated rings. The molecule has 1 rings (SSSR count). The number of hydrogen-bond donors (Lipinski definition) is 0. The fraction of sp³-hybridized carbons (Fsp3) is 0.500. The molecule has 0 saturated carbocycles. The van der Waals surface area contributed by atoms with Crippen LogP contribution in [-0.4, -0.2) is 20.1 Å². The Morgan fingerprint density at radius 3 is 2.31 bits per heavy atom. The van der Waals surface area contributed by atoms with Gasteiger partial charge in [-0.1, -0.05) is 25.1 Å². The summed E-state index contributed by atoms with van der Waals surface area (Å²) in [4.78, 5) is 0.398. The van der Waals surface area contributed by atoms with Gasteiger partial charge in [0.1, 0.15) is 0 Å². The number of rotatable bonds is 4. The normalized spacial score (nSPS) is 15.8. The minimum absolute atomic E-state index is 0.0760. The summed E-state index contributed by atoms with van der Waals surface area (Å²) in [6, 6.07) is 7.09. The van der Waals surface area contributed by atoms with Crippen LogP contribution < -0.4 is 0 Å². The van der Waals surface area contributed by atoms with Crippen LogP contribution in [0.4, 0.5) is 0 Å². The van der Waals surface area contributed by atoms with Gasteiger partial charge in [0.25, 0.3) is 0 Å². The van der Waals surface area contributed by atoms with Gasteiger partial charge in [0.2, 0.25) is 0 Å². The zero-order valence-electron chi connectivity index (χ0n) is 9.77. The summed E-state index contributed by atoms with van der Waals surface area (Å²) in [7, 11) is -3.18. The summed E-state index contributed by atoms with van der Waals surface area (Å²) in [5.41, 5.74) is 0.829. The number of sulfone groups is 1. The highest BCUT2D eigenvalue weighted by Crippen LogP contribution is 2.31. The van der Waals surface area contributed by atoms with Crippen molar-refractivity contribution in [1.82, 2.24) is 0 Å². The Balaban J connectivity index is 3.33.